The maximum atomic E-state index is 11.6. The Bertz CT molecular complexity index is 413. The van der Waals surface area contributed by atoms with Gasteiger partial charge in [0.15, 0.2) is 0 Å². The fraction of sp³-hybridized carbons (Fsp3) is 0.533. The van der Waals surface area contributed by atoms with Crippen molar-refractivity contribution in [3.8, 4) is 5.75 Å². The van der Waals surface area contributed by atoms with Crippen LogP contribution >= 0.6 is 11.6 Å². The van der Waals surface area contributed by atoms with Gasteiger partial charge in [0.05, 0.1) is 6.54 Å². The van der Waals surface area contributed by atoms with Crippen molar-refractivity contribution in [2.75, 3.05) is 33.3 Å². The first-order valence-electron chi connectivity index (χ1n) is 6.95. The first-order valence-corrected chi connectivity index (χ1v) is 7.33. The maximum absolute atomic E-state index is 11.6. The molecule has 4 nitrogen and oxygen atoms in total. The largest absolute Gasteiger partial charge is 0.492 e. The summed E-state index contributed by atoms with van der Waals surface area (Å²) in [7, 11) is 1.90. The Hall–Kier alpha value is -1.26. The van der Waals surface area contributed by atoms with Crippen LogP contribution < -0.4 is 10.1 Å². The molecule has 1 N–H and O–H groups in total. The van der Waals surface area contributed by atoms with Crippen LogP contribution in [0.5, 0.6) is 5.75 Å². The summed E-state index contributed by atoms with van der Waals surface area (Å²) in [6, 6.07) is 7.30. The van der Waals surface area contributed by atoms with Gasteiger partial charge in [-0.25, -0.2) is 0 Å². The second-order valence-electron chi connectivity index (χ2n) is 4.75. The van der Waals surface area contributed by atoms with Gasteiger partial charge in [0.25, 0.3) is 0 Å². The van der Waals surface area contributed by atoms with Crippen LogP contribution in [0.25, 0.3) is 0 Å². The fourth-order valence-corrected chi connectivity index (χ4v) is 1.84. The van der Waals surface area contributed by atoms with Gasteiger partial charge in [-0.15, -0.1) is 0 Å². The minimum atomic E-state index is 0.0590. The molecule has 0 spiro atoms. The Balaban J connectivity index is 2.16. The lowest BCUT2D eigenvalue weighted by Crippen LogP contribution is -2.37. The van der Waals surface area contributed by atoms with Crippen molar-refractivity contribution in [3.05, 3.63) is 29.3 Å². The Labute approximate surface area is 126 Å². The molecule has 1 aromatic carbocycles. The predicted octanol–water partition coefficient (Wildman–Crippen LogP) is 2.57. The number of carbonyl (C=O) groups excluding carboxylic acids is 1. The van der Waals surface area contributed by atoms with Crippen molar-refractivity contribution >= 4 is 17.5 Å². The van der Waals surface area contributed by atoms with Crippen LogP contribution in [0.2, 0.25) is 5.02 Å². The van der Waals surface area contributed by atoms with Crippen LogP contribution in [0.15, 0.2) is 24.3 Å². The van der Waals surface area contributed by atoms with E-state index in [0.717, 1.165) is 25.1 Å². The van der Waals surface area contributed by atoms with E-state index in [-0.39, 0.29) is 5.91 Å². The minimum absolute atomic E-state index is 0.0590. The maximum Gasteiger partial charge on any atom is 0.234 e. The van der Waals surface area contributed by atoms with Crippen LogP contribution in [0.3, 0.4) is 0 Å². The third-order valence-electron chi connectivity index (χ3n) is 2.80. The summed E-state index contributed by atoms with van der Waals surface area (Å²) in [5.41, 5.74) is 0. The summed E-state index contributed by atoms with van der Waals surface area (Å²) in [6.45, 7) is 4.46. The molecule has 0 aliphatic carbocycles. The van der Waals surface area contributed by atoms with Gasteiger partial charge in [0.1, 0.15) is 12.4 Å². The van der Waals surface area contributed by atoms with Gasteiger partial charge in [-0.05, 0) is 31.7 Å². The summed E-state index contributed by atoms with van der Waals surface area (Å²) >= 11 is 5.87. The first-order chi connectivity index (χ1) is 9.61. The zero-order valence-electron chi connectivity index (χ0n) is 12.2. The molecule has 20 heavy (non-hydrogen) atoms. The molecule has 0 fully saturated rings. The Morgan fingerprint density at radius 2 is 2.25 bits per heavy atom. The summed E-state index contributed by atoms with van der Waals surface area (Å²) in [4.78, 5) is 13.5. The van der Waals surface area contributed by atoms with Crippen molar-refractivity contribution in [2.45, 2.75) is 19.8 Å². The molecule has 0 saturated carbocycles. The van der Waals surface area contributed by atoms with Crippen LogP contribution in [0.4, 0.5) is 0 Å². The average Bonchev–Trinajstić information content (AvgIpc) is 2.39. The summed E-state index contributed by atoms with van der Waals surface area (Å²) < 4.78 is 5.58. The van der Waals surface area contributed by atoms with E-state index in [0.29, 0.717) is 24.7 Å². The molecular weight excluding hydrogens is 276 g/mol. The van der Waals surface area contributed by atoms with E-state index in [2.05, 4.69) is 12.2 Å². The monoisotopic (exact) mass is 298 g/mol. The molecule has 0 bridgehead atoms. The third-order valence-corrected chi connectivity index (χ3v) is 3.04. The second kappa shape index (κ2) is 9.61. The molecule has 0 aliphatic rings. The van der Waals surface area contributed by atoms with Crippen LogP contribution in [-0.4, -0.2) is 44.1 Å². The SMILES string of the molecule is CCCCNC(=O)CN(C)CCOc1cccc(Cl)c1. The normalized spacial score (nSPS) is 10.6. The van der Waals surface area contributed by atoms with Gasteiger partial charge >= 0.3 is 0 Å². The van der Waals surface area contributed by atoms with Crippen molar-refractivity contribution < 1.29 is 9.53 Å². The highest BCUT2D eigenvalue weighted by Crippen LogP contribution is 2.16. The molecule has 0 aliphatic heterocycles. The quantitative estimate of drug-likeness (QED) is 0.713. The van der Waals surface area contributed by atoms with Crippen LogP contribution in [0.1, 0.15) is 19.8 Å². The molecule has 0 saturated heterocycles. The number of ether oxygens (including phenoxy) is 1. The van der Waals surface area contributed by atoms with Gasteiger partial charge in [0, 0.05) is 18.1 Å². The van der Waals surface area contributed by atoms with E-state index in [1.807, 2.05) is 24.1 Å². The van der Waals surface area contributed by atoms with Crippen LogP contribution in [0, 0.1) is 0 Å². The van der Waals surface area contributed by atoms with Crippen molar-refractivity contribution in [3.63, 3.8) is 0 Å². The molecule has 1 rings (SSSR count). The standard InChI is InChI=1S/C15H23ClN2O2/c1-3-4-8-17-15(19)12-18(2)9-10-20-14-7-5-6-13(16)11-14/h5-7,11H,3-4,8-10,12H2,1-2H3,(H,17,19). The van der Waals surface area contributed by atoms with Gasteiger partial charge in [-0.3, -0.25) is 9.69 Å². The lowest BCUT2D eigenvalue weighted by Gasteiger charge is -2.16. The van der Waals surface area contributed by atoms with E-state index >= 15 is 0 Å². The van der Waals surface area contributed by atoms with Gasteiger partial charge < -0.3 is 10.1 Å². The number of hydrogen-bond acceptors (Lipinski definition) is 3. The van der Waals surface area contributed by atoms with Crippen LogP contribution in [-0.2, 0) is 4.79 Å². The average molecular weight is 299 g/mol. The molecule has 0 radical (unpaired) electrons. The van der Waals surface area contributed by atoms with E-state index in [1.165, 1.54) is 0 Å². The van der Waals surface area contributed by atoms with Crippen molar-refractivity contribution in [1.29, 1.82) is 0 Å². The Kier molecular flexibility index (Phi) is 8.07. The second-order valence-corrected chi connectivity index (χ2v) is 5.18. The summed E-state index contributed by atoms with van der Waals surface area (Å²) in [5, 5.41) is 3.55. The first kappa shape index (κ1) is 16.8. The summed E-state index contributed by atoms with van der Waals surface area (Å²) in [6.07, 6.45) is 2.11. The topological polar surface area (TPSA) is 41.6 Å². The smallest absolute Gasteiger partial charge is 0.234 e. The van der Waals surface area contributed by atoms with E-state index in [1.54, 1.807) is 12.1 Å². The number of nitrogens with zero attached hydrogens (tertiary/aromatic N) is 1. The fourth-order valence-electron chi connectivity index (χ4n) is 1.66. The van der Waals surface area contributed by atoms with Crippen molar-refractivity contribution in [1.82, 2.24) is 10.2 Å². The number of nitrogens with one attached hydrogen (secondary N) is 1. The number of unbranched alkanes of at least 4 members (excludes halogenated alkanes) is 1. The molecule has 5 heteroatoms. The highest BCUT2D eigenvalue weighted by Gasteiger charge is 2.05. The molecule has 112 valence electrons. The molecule has 0 atom stereocenters. The highest BCUT2D eigenvalue weighted by atomic mass is 35.5. The minimum Gasteiger partial charge on any atom is -0.492 e. The molecule has 1 amide bonds. The Morgan fingerprint density at radius 1 is 1.45 bits per heavy atom. The lowest BCUT2D eigenvalue weighted by molar-refractivity contribution is -0.122. The third kappa shape index (κ3) is 7.36. The molecule has 1 aromatic rings. The van der Waals surface area contributed by atoms with Gasteiger partial charge in [0.2, 0.25) is 5.91 Å². The number of rotatable bonds is 9. The zero-order valence-corrected chi connectivity index (χ0v) is 12.9. The number of benzene rings is 1. The Morgan fingerprint density at radius 3 is 2.95 bits per heavy atom. The lowest BCUT2D eigenvalue weighted by atomic mass is 10.3. The predicted molar refractivity (Wildman–Crippen MR) is 82.4 cm³/mol. The molecular formula is C15H23ClN2O2. The van der Waals surface area contributed by atoms with E-state index in [9.17, 15) is 4.79 Å². The highest BCUT2D eigenvalue weighted by molar-refractivity contribution is 6.30. The van der Waals surface area contributed by atoms with Gasteiger partial charge in [-0.1, -0.05) is 31.0 Å². The molecule has 0 unspecified atom stereocenters. The number of carbonyl (C=O) groups is 1. The van der Waals surface area contributed by atoms with Crippen molar-refractivity contribution in [2.24, 2.45) is 0 Å². The van der Waals surface area contributed by atoms with E-state index < -0.39 is 0 Å². The number of amides is 1. The van der Waals surface area contributed by atoms with E-state index in [4.69, 9.17) is 16.3 Å². The molecule has 0 heterocycles. The molecule has 0 aromatic heterocycles. The number of likely N-dealkylation sites (N-methyl/N-ethyl adjacent to an activating group) is 1. The zero-order chi connectivity index (χ0) is 14.8. The number of hydrogen-bond donors (Lipinski definition) is 1. The van der Waals surface area contributed by atoms with Gasteiger partial charge in [-0.2, -0.15) is 0 Å². The summed E-state index contributed by atoms with van der Waals surface area (Å²) in [5.74, 6) is 0.807. The number of halogens is 1.